The summed E-state index contributed by atoms with van der Waals surface area (Å²) in [5.74, 6) is 0.248. The van der Waals surface area contributed by atoms with E-state index in [1.54, 1.807) is 18.2 Å². The lowest BCUT2D eigenvalue weighted by molar-refractivity contribution is 0.0955. The van der Waals surface area contributed by atoms with Crippen molar-refractivity contribution in [2.24, 2.45) is 5.10 Å². The van der Waals surface area contributed by atoms with E-state index in [2.05, 4.69) is 49.0 Å². The summed E-state index contributed by atoms with van der Waals surface area (Å²) in [7, 11) is 0. The van der Waals surface area contributed by atoms with E-state index < -0.39 is 0 Å². The summed E-state index contributed by atoms with van der Waals surface area (Å²) in [4.78, 5) is 13.0. The minimum absolute atomic E-state index is 0.277. The van der Waals surface area contributed by atoms with Crippen LogP contribution in [0.2, 0.25) is 5.02 Å². The zero-order valence-electron chi connectivity index (χ0n) is 13.1. The number of rotatable bonds is 5. The van der Waals surface area contributed by atoms with E-state index in [4.69, 9.17) is 16.0 Å². The molecule has 1 heterocycles. The molecular formula is C18H11BrClIN2O2S. The maximum Gasteiger partial charge on any atom is 0.271 e. The molecule has 4 nitrogen and oxygen atoms in total. The molecule has 26 heavy (non-hydrogen) atoms. The van der Waals surface area contributed by atoms with Crippen molar-refractivity contribution in [1.29, 1.82) is 0 Å². The van der Waals surface area contributed by atoms with Gasteiger partial charge in [0.25, 0.3) is 5.91 Å². The number of carbonyl (C=O) groups is 1. The summed E-state index contributed by atoms with van der Waals surface area (Å²) < 4.78 is 7.53. The Bertz CT molecular complexity index is 960. The van der Waals surface area contributed by atoms with Crippen LogP contribution < -0.4 is 5.43 Å². The molecule has 0 aliphatic heterocycles. The van der Waals surface area contributed by atoms with Gasteiger partial charge in [0.15, 0.2) is 5.09 Å². The number of carbonyl (C=O) groups excluding carboxylic acids is 1. The van der Waals surface area contributed by atoms with Crippen molar-refractivity contribution in [1.82, 2.24) is 5.43 Å². The molecular weight excluding hydrogens is 551 g/mol. The number of furan rings is 1. The first-order chi connectivity index (χ1) is 12.5. The Hall–Kier alpha value is -1.29. The monoisotopic (exact) mass is 560 g/mol. The summed E-state index contributed by atoms with van der Waals surface area (Å²) in [5.41, 5.74) is 3.04. The van der Waals surface area contributed by atoms with Gasteiger partial charge in [-0.05, 0) is 81.0 Å². The summed E-state index contributed by atoms with van der Waals surface area (Å²) in [6.07, 6.45) is 1.46. The van der Waals surface area contributed by atoms with Gasteiger partial charge in [0.1, 0.15) is 5.76 Å². The summed E-state index contributed by atoms with van der Waals surface area (Å²) >= 11 is 13.0. The van der Waals surface area contributed by atoms with Gasteiger partial charge in [-0.25, -0.2) is 5.43 Å². The predicted octanol–water partition coefficient (Wildman–Crippen LogP) is 6.22. The zero-order valence-corrected chi connectivity index (χ0v) is 18.4. The molecule has 0 radical (unpaired) electrons. The maximum atomic E-state index is 12.0. The van der Waals surface area contributed by atoms with Crippen LogP contribution in [0.4, 0.5) is 0 Å². The quantitative estimate of drug-likeness (QED) is 0.229. The normalized spacial score (nSPS) is 11.0. The highest BCUT2D eigenvalue weighted by molar-refractivity contribution is 14.1. The highest BCUT2D eigenvalue weighted by atomic mass is 127. The third-order valence-electron chi connectivity index (χ3n) is 3.14. The van der Waals surface area contributed by atoms with Gasteiger partial charge in [-0.1, -0.05) is 29.4 Å². The van der Waals surface area contributed by atoms with Crippen LogP contribution in [0.1, 0.15) is 16.1 Å². The van der Waals surface area contributed by atoms with Gasteiger partial charge in [0.2, 0.25) is 0 Å². The van der Waals surface area contributed by atoms with E-state index in [1.165, 1.54) is 18.0 Å². The van der Waals surface area contributed by atoms with Crippen molar-refractivity contribution in [3.05, 3.63) is 79.0 Å². The Morgan fingerprint density at radius 2 is 2.00 bits per heavy atom. The molecule has 0 saturated carbocycles. The number of nitrogens with one attached hydrogen (secondary N) is 1. The topological polar surface area (TPSA) is 54.6 Å². The molecule has 8 heteroatoms. The number of hydrogen-bond acceptors (Lipinski definition) is 4. The van der Waals surface area contributed by atoms with Crippen molar-refractivity contribution in [3.63, 3.8) is 0 Å². The van der Waals surface area contributed by atoms with Gasteiger partial charge in [-0.2, -0.15) is 5.10 Å². The van der Waals surface area contributed by atoms with Crippen LogP contribution in [-0.4, -0.2) is 12.1 Å². The first-order valence-corrected chi connectivity index (χ1v) is 10.4. The average Bonchev–Trinajstić information content (AvgIpc) is 2.96. The SMILES string of the molecule is O=C(N/N=C\c1cc(Br)c(Sc2ccc(Cl)cc2)o1)c1cccc(I)c1. The van der Waals surface area contributed by atoms with E-state index in [1.807, 2.05) is 36.4 Å². The molecule has 3 aromatic rings. The lowest BCUT2D eigenvalue weighted by Gasteiger charge is -2.00. The number of benzene rings is 2. The second-order valence-electron chi connectivity index (χ2n) is 5.05. The minimum atomic E-state index is -0.277. The van der Waals surface area contributed by atoms with Gasteiger partial charge in [0.05, 0.1) is 10.7 Å². The summed E-state index contributed by atoms with van der Waals surface area (Å²) in [6, 6.07) is 16.5. The molecule has 1 amide bonds. The van der Waals surface area contributed by atoms with E-state index in [9.17, 15) is 4.79 Å². The standard InChI is InChI=1S/C18H11BrClIN2O2S/c19-16-9-14(25-18(16)26-15-6-4-12(20)5-7-15)10-22-23-17(24)11-2-1-3-13(21)8-11/h1-10H,(H,23,24)/b22-10-. The Labute approximate surface area is 181 Å². The van der Waals surface area contributed by atoms with Crippen LogP contribution in [0.3, 0.4) is 0 Å². The number of amides is 1. The van der Waals surface area contributed by atoms with Crippen LogP contribution in [0.15, 0.2) is 78.6 Å². The van der Waals surface area contributed by atoms with Crippen LogP contribution >= 0.6 is 61.9 Å². The molecule has 0 bridgehead atoms. The average molecular weight is 562 g/mol. The Morgan fingerprint density at radius 1 is 1.23 bits per heavy atom. The molecule has 2 aromatic carbocycles. The van der Waals surface area contributed by atoms with Gasteiger partial charge in [0, 0.05) is 25.1 Å². The molecule has 0 aliphatic carbocycles. The third kappa shape index (κ3) is 5.35. The lowest BCUT2D eigenvalue weighted by atomic mass is 10.2. The number of nitrogens with zero attached hydrogens (tertiary/aromatic N) is 1. The molecule has 0 spiro atoms. The van der Waals surface area contributed by atoms with Gasteiger partial charge in [-0.3, -0.25) is 4.79 Å². The molecule has 1 N–H and O–H groups in total. The van der Waals surface area contributed by atoms with Crippen molar-refractivity contribution < 1.29 is 9.21 Å². The van der Waals surface area contributed by atoms with Crippen molar-refractivity contribution in [3.8, 4) is 0 Å². The Balaban J connectivity index is 1.64. The van der Waals surface area contributed by atoms with Gasteiger partial charge < -0.3 is 4.42 Å². The van der Waals surface area contributed by atoms with E-state index in [0.29, 0.717) is 21.4 Å². The molecule has 0 unspecified atom stereocenters. The third-order valence-corrected chi connectivity index (χ3v) is 5.91. The molecule has 0 aliphatic rings. The molecule has 1 aromatic heterocycles. The van der Waals surface area contributed by atoms with Crippen molar-refractivity contribution >= 4 is 74.0 Å². The van der Waals surface area contributed by atoms with Crippen LogP contribution in [0, 0.1) is 3.57 Å². The number of hydrogen-bond donors (Lipinski definition) is 1. The van der Waals surface area contributed by atoms with E-state index in [0.717, 1.165) is 12.9 Å². The summed E-state index contributed by atoms with van der Waals surface area (Å²) in [5, 5.41) is 5.33. The van der Waals surface area contributed by atoms with E-state index >= 15 is 0 Å². The predicted molar refractivity (Wildman–Crippen MR) is 116 cm³/mol. The maximum absolute atomic E-state index is 12.0. The molecule has 0 fully saturated rings. The van der Waals surface area contributed by atoms with Gasteiger partial charge >= 0.3 is 0 Å². The molecule has 3 rings (SSSR count). The van der Waals surface area contributed by atoms with Crippen molar-refractivity contribution in [2.75, 3.05) is 0 Å². The van der Waals surface area contributed by atoms with Crippen LogP contribution in [0.25, 0.3) is 0 Å². The molecule has 0 saturated heterocycles. The summed E-state index contributed by atoms with van der Waals surface area (Å²) in [6.45, 7) is 0. The fraction of sp³-hybridized carbons (Fsp3) is 0. The minimum Gasteiger partial charge on any atom is -0.447 e. The Morgan fingerprint density at radius 3 is 2.73 bits per heavy atom. The smallest absolute Gasteiger partial charge is 0.271 e. The van der Waals surface area contributed by atoms with Crippen molar-refractivity contribution in [2.45, 2.75) is 9.99 Å². The largest absolute Gasteiger partial charge is 0.447 e. The fourth-order valence-electron chi connectivity index (χ4n) is 1.96. The number of hydrazone groups is 1. The van der Waals surface area contributed by atoms with Crippen LogP contribution in [-0.2, 0) is 0 Å². The highest BCUT2D eigenvalue weighted by Crippen LogP contribution is 2.35. The van der Waals surface area contributed by atoms with E-state index in [-0.39, 0.29) is 5.91 Å². The second kappa shape index (κ2) is 9.07. The second-order valence-corrected chi connectivity index (χ2v) is 8.63. The Kier molecular flexibility index (Phi) is 6.80. The lowest BCUT2D eigenvalue weighted by Crippen LogP contribution is -2.17. The zero-order chi connectivity index (χ0) is 18.5. The van der Waals surface area contributed by atoms with Crippen LogP contribution in [0.5, 0.6) is 0 Å². The fourth-order valence-corrected chi connectivity index (χ4v) is 3.96. The molecule has 132 valence electrons. The number of halogens is 3. The molecule has 0 atom stereocenters. The first-order valence-electron chi connectivity index (χ1n) is 7.33. The highest BCUT2D eigenvalue weighted by Gasteiger charge is 2.10. The first kappa shape index (κ1) is 19.5. The van der Waals surface area contributed by atoms with Gasteiger partial charge in [-0.15, -0.1) is 0 Å².